The maximum Gasteiger partial charge on any atom is 0.160 e. The van der Waals surface area contributed by atoms with Crippen LogP contribution >= 0.6 is 0 Å². The topological polar surface area (TPSA) is 72.3 Å². The molecule has 1 aromatic carbocycles. The molecule has 0 aliphatic rings. The Morgan fingerprint density at radius 1 is 1.04 bits per heavy atom. The van der Waals surface area contributed by atoms with Gasteiger partial charge in [0.05, 0.1) is 24.5 Å². The van der Waals surface area contributed by atoms with Gasteiger partial charge in [0.2, 0.25) is 0 Å². The molecule has 0 aliphatic carbocycles. The molecule has 3 heterocycles. The van der Waals surface area contributed by atoms with E-state index in [4.69, 9.17) is 0 Å². The minimum Gasteiger partial charge on any atom is -0.326 e. The van der Waals surface area contributed by atoms with E-state index in [1.807, 2.05) is 53.6 Å². The zero-order valence-electron chi connectivity index (χ0n) is 14.5. The molecule has 0 amide bonds. The normalized spacial score (nSPS) is 10.9. The summed E-state index contributed by atoms with van der Waals surface area (Å²) in [6.07, 6.45) is 8.40. The quantitative estimate of drug-likeness (QED) is 0.555. The largest absolute Gasteiger partial charge is 0.326 e. The summed E-state index contributed by atoms with van der Waals surface area (Å²) in [5.74, 6) is 0.778. The highest BCUT2D eigenvalue weighted by Crippen LogP contribution is 2.24. The maximum atomic E-state index is 9.38. The highest BCUT2D eigenvalue weighted by molar-refractivity contribution is 5.75. The molecule has 0 saturated carbocycles. The molecule has 0 N–H and O–H groups in total. The number of hydrogen-bond acceptors (Lipinski definition) is 4. The Morgan fingerprint density at radius 3 is 2.77 bits per heavy atom. The van der Waals surface area contributed by atoms with Gasteiger partial charge in [-0.3, -0.25) is 0 Å². The van der Waals surface area contributed by atoms with Gasteiger partial charge in [0, 0.05) is 36.3 Å². The van der Waals surface area contributed by atoms with E-state index >= 15 is 0 Å². The second-order valence-corrected chi connectivity index (χ2v) is 6.12. The number of aromatic nitrogens is 5. The predicted octanol–water partition coefficient (Wildman–Crippen LogP) is 3.62. The molecule has 6 nitrogen and oxygen atoms in total. The van der Waals surface area contributed by atoms with Crippen molar-refractivity contribution in [1.82, 2.24) is 24.1 Å². The van der Waals surface area contributed by atoms with Crippen LogP contribution < -0.4 is 0 Å². The lowest BCUT2D eigenvalue weighted by molar-refractivity contribution is 0.691. The van der Waals surface area contributed by atoms with Gasteiger partial charge in [-0.2, -0.15) is 5.26 Å². The number of nitriles is 1. The Morgan fingerprint density at radius 2 is 1.92 bits per heavy atom. The first kappa shape index (κ1) is 16.0. The predicted molar refractivity (Wildman–Crippen MR) is 99.3 cm³/mol. The van der Waals surface area contributed by atoms with Crippen molar-refractivity contribution in [2.45, 2.75) is 26.4 Å². The van der Waals surface area contributed by atoms with Crippen LogP contribution in [0.3, 0.4) is 0 Å². The number of nitrogens with zero attached hydrogens (tertiary/aromatic N) is 6. The van der Waals surface area contributed by atoms with E-state index in [0.717, 1.165) is 41.1 Å². The van der Waals surface area contributed by atoms with Gasteiger partial charge in [-0.05, 0) is 24.6 Å². The zero-order chi connectivity index (χ0) is 17.9. The van der Waals surface area contributed by atoms with E-state index in [-0.39, 0.29) is 0 Å². The Balaban J connectivity index is 1.75. The molecular formula is C20H18N6. The summed E-state index contributed by atoms with van der Waals surface area (Å²) < 4.78 is 4.13. The molecule has 0 radical (unpaired) electrons. The van der Waals surface area contributed by atoms with Gasteiger partial charge in [-0.1, -0.05) is 19.1 Å². The van der Waals surface area contributed by atoms with E-state index in [2.05, 4.69) is 32.5 Å². The third-order valence-corrected chi connectivity index (χ3v) is 4.40. The highest BCUT2D eigenvalue weighted by atomic mass is 15.1. The van der Waals surface area contributed by atoms with Crippen molar-refractivity contribution in [3.05, 3.63) is 66.4 Å². The molecule has 128 valence electrons. The van der Waals surface area contributed by atoms with E-state index in [1.54, 1.807) is 6.20 Å². The maximum absolute atomic E-state index is 9.38. The second-order valence-electron chi connectivity index (χ2n) is 6.12. The first-order chi connectivity index (χ1) is 12.8. The van der Waals surface area contributed by atoms with Crippen molar-refractivity contribution in [3.8, 4) is 17.5 Å². The smallest absolute Gasteiger partial charge is 0.160 e. The lowest BCUT2D eigenvalue weighted by Gasteiger charge is -2.10. The molecular weight excluding hydrogens is 324 g/mol. The lowest BCUT2D eigenvalue weighted by Crippen LogP contribution is -2.03. The molecule has 0 aliphatic heterocycles. The van der Waals surface area contributed by atoms with Gasteiger partial charge < -0.3 is 9.13 Å². The molecule has 3 aromatic heterocycles. The molecule has 0 bridgehead atoms. The van der Waals surface area contributed by atoms with E-state index < -0.39 is 0 Å². The summed E-state index contributed by atoms with van der Waals surface area (Å²) in [6.45, 7) is 3.66. The third kappa shape index (κ3) is 2.74. The van der Waals surface area contributed by atoms with Crippen molar-refractivity contribution in [3.63, 3.8) is 0 Å². The lowest BCUT2D eigenvalue weighted by atomic mass is 10.1. The van der Waals surface area contributed by atoms with Gasteiger partial charge in [0.15, 0.2) is 5.65 Å². The number of rotatable bonds is 5. The molecule has 0 saturated heterocycles. The summed E-state index contributed by atoms with van der Waals surface area (Å²) in [6, 6.07) is 11.8. The highest BCUT2D eigenvalue weighted by Gasteiger charge is 2.13. The average Bonchev–Trinajstić information content (AvgIpc) is 3.30. The number of hydrogen-bond donors (Lipinski definition) is 0. The Labute approximate surface area is 151 Å². The van der Waals surface area contributed by atoms with Crippen LogP contribution in [0.15, 0.2) is 55.2 Å². The molecule has 0 fully saturated rings. The summed E-state index contributed by atoms with van der Waals surface area (Å²) >= 11 is 0. The van der Waals surface area contributed by atoms with Crippen LogP contribution in [0.25, 0.3) is 22.6 Å². The summed E-state index contributed by atoms with van der Waals surface area (Å²) in [4.78, 5) is 13.5. The Bertz CT molecular complexity index is 1100. The number of benzene rings is 1. The Kier molecular flexibility index (Phi) is 4.20. The van der Waals surface area contributed by atoms with Crippen molar-refractivity contribution in [1.29, 1.82) is 5.26 Å². The second kappa shape index (κ2) is 6.81. The fourth-order valence-corrected chi connectivity index (χ4v) is 3.19. The van der Waals surface area contributed by atoms with E-state index in [0.29, 0.717) is 12.1 Å². The van der Waals surface area contributed by atoms with Crippen LogP contribution in [0, 0.1) is 11.3 Å². The van der Waals surface area contributed by atoms with Crippen LogP contribution in [0.2, 0.25) is 0 Å². The number of imidazole rings is 2. The van der Waals surface area contributed by atoms with Gasteiger partial charge in [-0.15, -0.1) is 0 Å². The Hall–Kier alpha value is -3.46. The first-order valence-electron chi connectivity index (χ1n) is 8.61. The van der Waals surface area contributed by atoms with E-state index in [9.17, 15) is 5.26 Å². The summed E-state index contributed by atoms with van der Waals surface area (Å²) in [7, 11) is 0. The third-order valence-electron chi connectivity index (χ3n) is 4.40. The zero-order valence-corrected chi connectivity index (χ0v) is 14.5. The molecule has 4 rings (SSSR count). The van der Waals surface area contributed by atoms with Crippen LogP contribution in [-0.4, -0.2) is 24.1 Å². The van der Waals surface area contributed by atoms with Gasteiger partial charge in [0.25, 0.3) is 0 Å². The first-order valence-corrected chi connectivity index (χ1v) is 8.61. The number of aryl methyl sites for hydroxylation is 1. The van der Waals surface area contributed by atoms with Crippen molar-refractivity contribution in [2.75, 3.05) is 0 Å². The van der Waals surface area contributed by atoms with Crippen molar-refractivity contribution < 1.29 is 0 Å². The fraction of sp³-hybridized carbons (Fsp3) is 0.200. The summed E-state index contributed by atoms with van der Waals surface area (Å²) in [5, 5.41) is 9.38. The molecule has 0 unspecified atom stereocenters. The average molecular weight is 342 g/mol. The minimum atomic E-state index is 0.618. The van der Waals surface area contributed by atoms with Gasteiger partial charge in [0.1, 0.15) is 11.3 Å². The molecule has 6 heteroatoms. The van der Waals surface area contributed by atoms with Crippen LogP contribution in [0.4, 0.5) is 0 Å². The standard InChI is InChI=1S/C20H18N6/c1-2-10-26-14-24-18-16(7-8-22-20(18)26)13-25-11-9-23-19(25)17-6-4-3-5-15(17)12-21/h3-9,11,14H,2,10,13H2,1H3. The van der Waals surface area contributed by atoms with Crippen molar-refractivity contribution >= 4 is 11.2 Å². The summed E-state index contributed by atoms with van der Waals surface area (Å²) in [5.41, 5.74) is 4.35. The molecule has 0 spiro atoms. The SMILES string of the molecule is CCCn1cnc2c(Cn3ccnc3-c3ccccc3C#N)ccnc21. The van der Waals surface area contributed by atoms with Gasteiger partial charge >= 0.3 is 0 Å². The minimum absolute atomic E-state index is 0.618. The number of fused-ring (bicyclic) bond motifs is 1. The van der Waals surface area contributed by atoms with Crippen LogP contribution in [-0.2, 0) is 13.1 Å². The number of pyridine rings is 1. The molecule has 4 aromatic rings. The fourth-order valence-electron chi connectivity index (χ4n) is 3.19. The van der Waals surface area contributed by atoms with Crippen LogP contribution in [0.5, 0.6) is 0 Å². The van der Waals surface area contributed by atoms with Gasteiger partial charge in [-0.25, -0.2) is 15.0 Å². The van der Waals surface area contributed by atoms with E-state index in [1.165, 1.54) is 0 Å². The molecule has 0 atom stereocenters. The monoisotopic (exact) mass is 342 g/mol. The van der Waals surface area contributed by atoms with Crippen LogP contribution in [0.1, 0.15) is 24.5 Å². The molecule has 26 heavy (non-hydrogen) atoms. The van der Waals surface area contributed by atoms with Crippen molar-refractivity contribution in [2.24, 2.45) is 0 Å².